The Morgan fingerprint density at radius 2 is 2.12 bits per heavy atom. The van der Waals surface area contributed by atoms with Crippen molar-refractivity contribution in [1.82, 2.24) is 4.98 Å². The minimum Gasteiger partial charge on any atom is -0.497 e. The highest BCUT2D eigenvalue weighted by Crippen LogP contribution is 2.18. The van der Waals surface area contributed by atoms with E-state index in [0.29, 0.717) is 0 Å². The average Bonchev–Trinajstić information content (AvgIpc) is 2.40. The number of ether oxygens (including phenoxy) is 1. The van der Waals surface area contributed by atoms with Gasteiger partial charge >= 0.3 is 0 Å². The quantitative estimate of drug-likeness (QED) is 0.873. The molecule has 2 rings (SSSR count). The summed E-state index contributed by atoms with van der Waals surface area (Å²) in [5.41, 5.74) is 8.18. The van der Waals surface area contributed by atoms with E-state index in [-0.39, 0.29) is 6.04 Å². The van der Waals surface area contributed by atoms with E-state index in [1.165, 1.54) is 0 Å². The average molecular weight is 228 g/mol. The zero-order valence-corrected chi connectivity index (χ0v) is 9.84. The zero-order chi connectivity index (χ0) is 12.1. The molecule has 0 aliphatic carbocycles. The predicted octanol–water partition coefficient (Wildman–Crippen LogP) is 2.33. The maximum atomic E-state index is 6.12. The van der Waals surface area contributed by atoms with Crippen LogP contribution in [0.25, 0.3) is 0 Å². The normalized spacial score (nSPS) is 12.1. The molecule has 1 heterocycles. The molecular formula is C14H16N2O. The number of nitrogens with zero attached hydrogens (tertiary/aromatic N) is 1. The number of methoxy groups -OCH3 is 1. The van der Waals surface area contributed by atoms with Gasteiger partial charge in [-0.25, -0.2) is 0 Å². The molecule has 0 spiro atoms. The van der Waals surface area contributed by atoms with Crippen molar-refractivity contribution < 1.29 is 4.74 Å². The summed E-state index contributed by atoms with van der Waals surface area (Å²) < 4.78 is 5.19. The summed E-state index contributed by atoms with van der Waals surface area (Å²) in [6.07, 6.45) is 2.52. The first-order chi connectivity index (χ1) is 8.29. The van der Waals surface area contributed by atoms with E-state index in [0.717, 1.165) is 23.4 Å². The van der Waals surface area contributed by atoms with Crippen LogP contribution in [0.4, 0.5) is 0 Å². The second kappa shape index (κ2) is 5.46. The fourth-order valence-corrected chi connectivity index (χ4v) is 1.75. The molecule has 1 aromatic carbocycles. The molecule has 3 nitrogen and oxygen atoms in total. The Bertz CT molecular complexity index is 471. The van der Waals surface area contributed by atoms with Crippen LogP contribution in [0, 0.1) is 0 Å². The molecule has 88 valence electrons. The third-order valence-electron chi connectivity index (χ3n) is 2.66. The van der Waals surface area contributed by atoms with Gasteiger partial charge in [-0.2, -0.15) is 0 Å². The molecule has 0 amide bonds. The van der Waals surface area contributed by atoms with Gasteiger partial charge in [0.2, 0.25) is 0 Å². The summed E-state index contributed by atoms with van der Waals surface area (Å²) in [6, 6.07) is 13.7. The third kappa shape index (κ3) is 3.04. The number of nitrogens with two attached hydrogens (primary N) is 1. The SMILES string of the molecule is COc1cccc(C[C@@H](N)c2ccccn2)c1. The molecule has 0 saturated heterocycles. The lowest BCUT2D eigenvalue weighted by atomic mass is 10.0. The third-order valence-corrected chi connectivity index (χ3v) is 2.66. The second-order valence-corrected chi connectivity index (χ2v) is 3.92. The number of hydrogen-bond donors (Lipinski definition) is 1. The van der Waals surface area contributed by atoms with Crippen LogP contribution in [0.3, 0.4) is 0 Å². The van der Waals surface area contributed by atoms with Crippen LogP contribution in [-0.2, 0) is 6.42 Å². The number of rotatable bonds is 4. The Morgan fingerprint density at radius 1 is 1.24 bits per heavy atom. The first kappa shape index (κ1) is 11.6. The number of benzene rings is 1. The van der Waals surface area contributed by atoms with E-state index in [1.54, 1.807) is 13.3 Å². The molecule has 3 heteroatoms. The first-order valence-electron chi connectivity index (χ1n) is 5.59. The number of aromatic nitrogens is 1. The lowest BCUT2D eigenvalue weighted by molar-refractivity contribution is 0.414. The molecule has 2 aromatic rings. The van der Waals surface area contributed by atoms with Crippen LogP contribution in [0.5, 0.6) is 5.75 Å². The van der Waals surface area contributed by atoms with Crippen molar-refractivity contribution in [3.8, 4) is 5.75 Å². The van der Waals surface area contributed by atoms with Crippen molar-refractivity contribution in [2.24, 2.45) is 5.73 Å². The molecule has 0 bridgehead atoms. The lowest BCUT2D eigenvalue weighted by Crippen LogP contribution is -2.14. The summed E-state index contributed by atoms with van der Waals surface area (Å²) in [6.45, 7) is 0. The molecule has 2 N–H and O–H groups in total. The summed E-state index contributed by atoms with van der Waals surface area (Å²) >= 11 is 0. The molecule has 0 unspecified atom stereocenters. The van der Waals surface area contributed by atoms with Gasteiger partial charge in [0.15, 0.2) is 0 Å². The van der Waals surface area contributed by atoms with E-state index in [4.69, 9.17) is 10.5 Å². The van der Waals surface area contributed by atoms with Crippen LogP contribution in [-0.4, -0.2) is 12.1 Å². The van der Waals surface area contributed by atoms with E-state index in [1.807, 2.05) is 42.5 Å². The van der Waals surface area contributed by atoms with Crippen LogP contribution in [0.1, 0.15) is 17.3 Å². The number of pyridine rings is 1. The standard InChI is InChI=1S/C14H16N2O/c1-17-12-6-4-5-11(9-12)10-13(15)14-7-2-3-8-16-14/h2-9,13H,10,15H2,1H3/t13-/m1/s1. The van der Waals surface area contributed by atoms with Gasteiger partial charge in [0, 0.05) is 6.20 Å². The molecule has 0 radical (unpaired) electrons. The lowest BCUT2D eigenvalue weighted by Gasteiger charge is -2.11. The van der Waals surface area contributed by atoms with Gasteiger partial charge < -0.3 is 10.5 Å². The molecule has 1 atom stereocenters. The van der Waals surface area contributed by atoms with Gasteiger partial charge in [-0.05, 0) is 36.2 Å². The Morgan fingerprint density at radius 3 is 2.82 bits per heavy atom. The minimum absolute atomic E-state index is 0.0803. The van der Waals surface area contributed by atoms with Crippen molar-refractivity contribution >= 4 is 0 Å². The first-order valence-corrected chi connectivity index (χ1v) is 5.59. The Labute approximate surface area is 101 Å². The predicted molar refractivity (Wildman–Crippen MR) is 67.9 cm³/mol. The van der Waals surface area contributed by atoms with Crippen molar-refractivity contribution in [2.75, 3.05) is 7.11 Å². The van der Waals surface area contributed by atoms with E-state index in [9.17, 15) is 0 Å². The van der Waals surface area contributed by atoms with Crippen molar-refractivity contribution in [2.45, 2.75) is 12.5 Å². The summed E-state index contributed by atoms with van der Waals surface area (Å²) in [4.78, 5) is 4.26. The van der Waals surface area contributed by atoms with E-state index >= 15 is 0 Å². The van der Waals surface area contributed by atoms with Gasteiger partial charge in [-0.1, -0.05) is 18.2 Å². The Balaban J connectivity index is 2.10. The minimum atomic E-state index is -0.0803. The topological polar surface area (TPSA) is 48.1 Å². The highest BCUT2D eigenvalue weighted by molar-refractivity contribution is 5.29. The Kier molecular flexibility index (Phi) is 3.73. The van der Waals surface area contributed by atoms with Crippen LogP contribution >= 0.6 is 0 Å². The van der Waals surface area contributed by atoms with Crippen LogP contribution < -0.4 is 10.5 Å². The maximum Gasteiger partial charge on any atom is 0.119 e. The van der Waals surface area contributed by atoms with Crippen LogP contribution in [0.15, 0.2) is 48.7 Å². The Hall–Kier alpha value is -1.87. The summed E-state index contributed by atoms with van der Waals surface area (Å²) in [5, 5.41) is 0. The molecule has 0 fully saturated rings. The molecule has 17 heavy (non-hydrogen) atoms. The van der Waals surface area contributed by atoms with Crippen LogP contribution in [0.2, 0.25) is 0 Å². The summed E-state index contributed by atoms with van der Waals surface area (Å²) in [5.74, 6) is 0.857. The molecule has 0 saturated carbocycles. The van der Waals surface area contributed by atoms with E-state index < -0.39 is 0 Å². The van der Waals surface area contributed by atoms with Gasteiger partial charge in [0.05, 0.1) is 18.8 Å². The fraction of sp³-hybridized carbons (Fsp3) is 0.214. The zero-order valence-electron chi connectivity index (χ0n) is 9.84. The summed E-state index contributed by atoms with van der Waals surface area (Å²) in [7, 11) is 1.66. The van der Waals surface area contributed by atoms with Gasteiger partial charge in [-0.3, -0.25) is 4.98 Å². The van der Waals surface area contributed by atoms with Gasteiger partial charge in [0.1, 0.15) is 5.75 Å². The monoisotopic (exact) mass is 228 g/mol. The van der Waals surface area contributed by atoms with Crippen molar-refractivity contribution in [3.05, 3.63) is 59.9 Å². The maximum absolute atomic E-state index is 6.12. The molecular weight excluding hydrogens is 212 g/mol. The smallest absolute Gasteiger partial charge is 0.119 e. The van der Waals surface area contributed by atoms with Crippen molar-refractivity contribution in [1.29, 1.82) is 0 Å². The largest absolute Gasteiger partial charge is 0.497 e. The van der Waals surface area contributed by atoms with Gasteiger partial charge in [0.25, 0.3) is 0 Å². The van der Waals surface area contributed by atoms with Gasteiger partial charge in [-0.15, -0.1) is 0 Å². The second-order valence-electron chi connectivity index (χ2n) is 3.92. The van der Waals surface area contributed by atoms with E-state index in [2.05, 4.69) is 4.98 Å². The number of hydrogen-bond acceptors (Lipinski definition) is 3. The molecule has 0 aliphatic rings. The fourth-order valence-electron chi connectivity index (χ4n) is 1.75. The molecule has 1 aromatic heterocycles. The highest BCUT2D eigenvalue weighted by atomic mass is 16.5. The molecule has 0 aliphatic heterocycles. The van der Waals surface area contributed by atoms with Crippen molar-refractivity contribution in [3.63, 3.8) is 0 Å². The highest BCUT2D eigenvalue weighted by Gasteiger charge is 2.08.